The summed E-state index contributed by atoms with van der Waals surface area (Å²) in [5.74, 6) is 2.13. The summed E-state index contributed by atoms with van der Waals surface area (Å²) < 4.78 is 15.7. The van der Waals surface area contributed by atoms with Crippen LogP contribution in [0.3, 0.4) is 0 Å². The van der Waals surface area contributed by atoms with Gasteiger partial charge in [0, 0.05) is 55.7 Å². The van der Waals surface area contributed by atoms with Gasteiger partial charge in [0.1, 0.15) is 11.4 Å². The monoisotopic (exact) mass is 504 g/mol. The van der Waals surface area contributed by atoms with Crippen molar-refractivity contribution in [2.24, 2.45) is 7.05 Å². The topological polar surface area (TPSA) is 121 Å². The van der Waals surface area contributed by atoms with E-state index in [1.54, 1.807) is 25.4 Å². The van der Waals surface area contributed by atoms with Gasteiger partial charge in [0.05, 0.1) is 24.4 Å². The highest BCUT2D eigenvalue weighted by Crippen LogP contribution is 2.33. The van der Waals surface area contributed by atoms with E-state index in [-0.39, 0.29) is 23.1 Å². The van der Waals surface area contributed by atoms with Crippen molar-refractivity contribution in [3.05, 3.63) is 47.5 Å². The van der Waals surface area contributed by atoms with Gasteiger partial charge in [0.25, 0.3) is 5.91 Å². The lowest BCUT2D eigenvalue weighted by Crippen LogP contribution is -2.22. The van der Waals surface area contributed by atoms with Crippen LogP contribution in [0.2, 0.25) is 0 Å². The first kappa shape index (κ1) is 24.7. The van der Waals surface area contributed by atoms with E-state index in [1.807, 2.05) is 18.5 Å². The van der Waals surface area contributed by atoms with Gasteiger partial charge in [-0.15, -0.1) is 0 Å². The quantitative estimate of drug-likeness (QED) is 0.404. The fourth-order valence-corrected chi connectivity index (χ4v) is 4.52. The smallest absolute Gasteiger partial charge is 0.269 e. The fourth-order valence-electron chi connectivity index (χ4n) is 4.52. The third-order valence-corrected chi connectivity index (χ3v) is 6.52. The standard InChI is InChI=1S/C26H32N8O3/c1-15-19(37-17-7-9-28-18(11-17)24(35)27-5)13-29-23-22(15)33(6)25(31-23)30-21-12-20(26(2,3)4)34(32-21)16-8-10-36-14-16/h7,9,11-13,16H,8,10,14H2,1-6H3,(H,27,35)(H,29,30,31,32)/t16-/m1/s1. The van der Waals surface area contributed by atoms with Crippen LogP contribution in [0.1, 0.15) is 55.0 Å². The molecule has 0 bridgehead atoms. The maximum absolute atomic E-state index is 11.9. The molecular weight excluding hydrogens is 472 g/mol. The van der Waals surface area contributed by atoms with E-state index in [0.29, 0.717) is 29.7 Å². The van der Waals surface area contributed by atoms with Crippen molar-refractivity contribution in [1.29, 1.82) is 0 Å². The van der Waals surface area contributed by atoms with Gasteiger partial charge < -0.3 is 24.7 Å². The number of aryl methyl sites for hydroxylation is 2. The number of hydrogen-bond acceptors (Lipinski definition) is 8. The minimum Gasteiger partial charge on any atom is -0.455 e. The molecule has 1 atom stereocenters. The Bertz CT molecular complexity index is 1460. The molecule has 4 aromatic rings. The Morgan fingerprint density at radius 3 is 2.76 bits per heavy atom. The van der Waals surface area contributed by atoms with Crippen molar-refractivity contribution in [1.82, 2.24) is 34.6 Å². The number of anilines is 2. The number of amides is 1. The number of carbonyl (C=O) groups is 1. The highest BCUT2D eigenvalue weighted by Gasteiger charge is 2.28. The van der Waals surface area contributed by atoms with Gasteiger partial charge in [-0.25, -0.2) is 4.98 Å². The lowest BCUT2D eigenvalue weighted by Gasteiger charge is -2.22. The van der Waals surface area contributed by atoms with E-state index >= 15 is 0 Å². The number of aromatic nitrogens is 6. The molecule has 0 aromatic carbocycles. The van der Waals surface area contributed by atoms with Crippen LogP contribution in [0.4, 0.5) is 11.8 Å². The van der Waals surface area contributed by atoms with Crippen LogP contribution in [0.15, 0.2) is 30.6 Å². The molecule has 1 saturated heterocycles. The number of nitrogens with one attached hydrogen (secondary N) is 2. The molecule has 11 heteroatoms. The van der Waals surface area contributed by atoms with E-state index in [2.05, 4.69) is 52.1 Å². The van der Waals surface area contributed by atoms with Crippen LogP contribution in [-0.4, -0.2) is 55.5 Å². The summed E-state index contributed by atoms with van der Waals surface area (Å²) in [6.07, 6.45) is 4.13. The lowest BCUT2D eigenvalue weighted by molar-refractivity contribution is 0.0958. The molecule has 0 aliphatic carbocycles. The Kier molecular flexibility index (Phi) is 6.32. The van der Waals surface area contributed by atoms with Crippen molar-refractivity contribution in [2.75, 3.05) is 25.6 Å². The van der Waals surface area contributed by atoms with Crippen molar-refractivity contribution >= 4 is 28.8 Å². The first-order valence-corrected chi connectivity index (χ1v) is 12.3. The number of carbonyl (C=O) groups excluding carboxylic acids is 1. The second-order valence-electron chi connectivity index (χ2n) is 10.2. The van der Waals surface area contributed by atoms with Gasteiger partial charge in [0.15, 0.2) is 17.2 Å². The van der Waals surface area contributed by atoms with Crippen molar-refractivity contribution in [3.8, 4) is 11.5 Å². The number of fused-ring (bicyclic) bond motifs is 1. The molecule has 5 heterocycles. The first-order valence-electron chi connectivity index (χ1n) is 12.3. The molecule has 5 rings (SSSR count). The molecular formula is C26H32N8O3. The zero-order chi connectivity index (χ0) is 26.3. The van der Waals surface area contributed by atoms with Crippen LogP contribution in [0, 0.1) is 6.92 Å². The van der Waals surface area contributed by atoms with E-state index < -0.39 is 0 Å². The minimum absolute atomic E-state index is 0.0725. The molecule has 194 valence electrons. The number of rotatable bonds is 6. The predicted octanol–water partition coefficient (Wildman–Crippen LogP) is 4.02. The zero-order valence-corrected chi connectivity index (χ0v) is 22.0. The van der Waals surface area contributed by atoms with Crippen molar-refractivity contribution in [3.63, 3.8) is 0 Å². The molecule has 0 radical (unpaired) electrons. The predicted molar refractivity (Wildman–Crippen MR) is 140 cm³/mol. The average molecular weight is 505 g/mol. The van der Waals surface area contributed by atoms with Crippen LogP contribution in [0.25, 0.3) is 11.2 Å². The number of ether oxygens (including phenoxy) is 2. The molecule has 0 spiro atoms. The summed E-state index contributed by atoms with van der Waals surface area (Å²) in [6.45, 7) is 9.94. The Hall–Kier alpha value is -3.99. The van der Waals surface area contributed by atoms with Crippen LogP contribution in [-0.2, 0) is 17.2 Å². The highest BCUT2D eigenvalue weighted by atomic mass is 16.5. The summed E-state index contributed by atoms with van der Waals surface area (Å²) in [5, 5.41) is 10.8. The number of hydrogen-bond donors (Lipinski definition) is 2. The highest BCUT2D eigenvalue weighted by molar-refractivity contribution is 5.92. The Labute approximate surface area is 215 Å². The van der Waals surface area contributed by atoms with E-state index in [1.165, 1.54) is 6.20 Å². The fraction of sp³-hybridized carbons (Fsp3) is 0.423. The summed E-state index contributed by atoms with van der Waals surface area (Å²) >= 11 is 0. The molecule has 37 heavy (non-hydrogen) atoms. The van der Waals surface area contributed by atoms with Gasteiger partial charge in [-0.1, -0.05) is 20.8 Å². The molecule has 1 aliphatic heterocycles. The van der Waals surface area contributed by atoms with Gasteiger partial charge in [-0.05, 0) is 19.4 Å². The molecule has 1 amide bonds. The maximum atomic E-state index is 11.9. The third kappa shape index (κ3) is 4.74. The molecule has 1 fully saturated rings. The summed E-state index contributed by atoms with van der Waals surface area (Å²) in [6, 6.07) is 5.60. The van der Waals surface area contributed by atoms with Crippen LogP contribution in [0.5, 0.6) is 11.5 Å². The summed E-state index contributed by atoms with van der Waals surface area (Å²) in [5.41, 5.74) is 3.64. The van der Waals surface area contributed by atoms with Crippen molar-refractivity contribution < 1.29 is 14.3 Å². The molecule has 0 unspecified atom stereocenters. The Balaban J connectivity index is 1.45. The Morgan fingerprint density at radius 1 is 1.24 bits per heavy atom. The lowest BCUT2D eigenvalue weighted by atomic mass is 9.91. The summed E-state index contributed by atoms with van der Waals surface area (Å²) in [4.78, 5) is 25.3. The normalized spacial score (nSPS) is 15.8. The second-order valence-corrected chi connectivity index (χ2v) is 10.2. The van der Waals surface area contributed by atoms with E-state index in [0.717, 1.165) is 35.6 Å². The first-order chi connectivity index (χ1) is 17.7. The van der Waals surface area contributed by atoms with Crippen molar-refractivity contribution in [2.45, 2.75) is 45.6 Å². The summed E-state index contributed by atoms with van der Waals surface area (Å²) in [7, 11) is 3.49. The van der Waals surface area contributed by atoms with Crippen LogP contribution < -0.4 is 15.4 Å². The largest absolute Gasteiger partial charge is 0.455 e. The number of pyridine rings is 2. The Morgan fingerprint density at radius 2 is 2.05 bits per heavy atom. The van der Waals surface area contributed by atoms with Gasteiger partial charge >= 0.3 is 0 Å². The second kappa shape index (κ2) is 9.47. The molecule has 2 N–H and O–H groups in total. The molecule has 1 aliphatic rings. The molecule has 4 aromatic heterocycles. The number of nitrogens with zero attached hydrogens (tertiary/aromatic N) is 6. The van der Waals surface area contributed by atoms with E-state index in [4.69, 9.17) is 19.6 Å². The minimum atomic E-state index is -0.282. The van der Waals surface area contributed by atoms with Gasteiger partial charge in [0.2, 0.25) is 5.95 Å². The SMILES string of the molecule is CNC(=O)c1cc(Oc2cnc3nc(Nc4cc(C(C)(C)C)n([C@@H]5CCOC5)n4)n(C)c3c2C)ccn1. The van der Waals surface area contributed by atoms with E-state index in [9.17, 15) is 4.79 Å². The zero-order valence-electron chi connectivity index (χ0n) is 22.0. The number of imidazole rings is 1. The van der Waals surface area contributed by atoms with Gasteiger partial charge in [-0.3, -0.25) is 14.5 Å². The van der Waals surface area contributed by atoms with Gasteiger partial charge in [-0.2, -0.15) is 10.1 Å². The van der Waals surface area contributed by atoms with Crippen LogP contribution >= 0.6 is 0 Å². The maximum Gasteiger partial charge on any atom is 0.269 e. The molecule has 11 nitrogen and oxygen atoms in total. The average Bonchev–Trinajstić information content (AvgIpc) is 3.60. The molecule has 0 saturated carbocycles. The third-order valence-electron chi connectivity index (χ3n) is 6.52.